The Kier molecular flexibility index (Phi) is 5.87. The van der Waals surface area contributed by atoms with Crippen molar-refractivity contribution in [2.45, 2.75) is 11.4 Å². The van der Waals surface area contributed by atoms with Crippen LogP contribution in [0.25, 0.3) is 0 Å². The molecule has 0 saturated heterocycles. The van der Waals surface area contributed by atoms with Gasteiger partial charge in [0.15, 0.2) is 11.6 Å². The SMILES string of the molecule is COc1ccc(CN(C)S(=O)(=O)c2c(Cl)ccc(F)c2F)c(OC)c1. The van der Waals surface area contributed by atoms with Gasteiger partial charge in [-0.1, -0.05) is 17.7 Å². The Morgan fingerprint density at radius 1 is 1.12 bits per heavy atom. The summed E-state index contributed by atoms with van der Waals surface area (Å²) in [5.74, 6) is -1.88. The molecule has 0 fully saturated rings. The van der Waals surface area contributed by atoms with Crippen molar-refractivity contribution in [2.75, 3.05) is 21.3 Å². The summed E-state index contributed by atoms with van der Waals surface area (Å²) in [6.45, 7) is -0.137. The predicted octanol–water partition coefficient (Wildman–Crippen LogP) is 3.46. The van der Waals surface area contributed by atoms with E-state index in [0.717, 1.165) is 16.4 Å². The highest BCUT2D eigenvalue weighted by Gasteiger charge is 2.30. The van der Waals surface area contributed by atoms with Crippen LogP contribution in [-0.2, 0) is 16.6 Å². The van der Waals surface area contributed by atoms with Crippen LogP contribution in [-0.4, -0.2) is 34.0 Å². The summed E-state index contributed by atoms with van der Waals surface area (Å²) in [6, 6.07) is 6.60. The van der Waals surface area contributed by atoms with E-state index >= 15 is 0 Å². The zero-order valence-corrected chi connectivity index (χ0v) is 15.3. The quantitative estimate of drug-likeness (QED) is 0.708. The molecule has 2 aromatic carbocycles. The first-order chi connectivity index (χ1) is 11.7. The highest BCUT2D eigenvalue weighted by molar-refractivity contribution is 7.89. The number of halogens is 3. The first kappa shape index (κ1) is 19.4. The third-order valence-corrected chi connectivity index (χ3v) is 5.85. The normalized spacial score (nSPS) is 11.6. The second-order valence-corrected chi connectivity index (χ2v) is 7.50. The molecule has 0 atom stereocenters. The van der Waals surface area contributed by atoms with Gasteiger partial charge in [0.05, 0.1) is 19.2 Å². The second-order valence-electron chi connectivity index (χ2n) is 5.11. The molecule has 2 aromatic rings. The Morgan fingerprint density at radius 3 is 2.40 bits per heavy atom. The summed E-state index contributed by atoms with van der Waals surface area (Å²) in [5.41, 5.74) is 0.516. The highest BCUT2D eigenvalue weighted by Crippen LogP contribution is 2.31. The second kappa shape index (κ2) is 7.55. The molecule has 0 spiro atoms. The van der Waals surface area contributed by atoms with Gasteiger partial charge in [0.2, 0.25) is 10.0 Å². The van der Waals surface area contributed by atoms with E-state index in [4.69, 9.17) is 21.1 Å². The van der Waals surface area contributed by atoms with Gasteiger partial charge < -0.3 is 9.47 Å². The smallest absolute Gasteiger partial charge is 0.247 e. The number of nitrogens with zero attached hydrogens (tertiary/aromatic N) is 1. The fourth-order valence-corrected chi connectivity index (χ4v) is 3.91. The molecule has 0 saturated carbocycles. The summed E-state index contributed by atoms with van der Waals surface area (Å²) < 4.78 is 63.8. The lowest BCUT2D eigenvalue weighted by Gasteiger charge is -2.20. The Hall–Kier alpha value is -1.90. The maximum Gasteiger partial charge on any atom is 0.247 e. The van der Waals surface area contributed by atoms with E-state index in [2.05, 4.69) is 0 Å². The minimum atomic E-state index is -4.36. The molecule has 0 radical (unpaired) electrons. The number of ether oxygens (including phenoxy) is 2. The first-order valence-electron chi connectivity index (χ1n) is 7.03. The van der Waals surface area contributed by atoms with Gasteiger partial charge in [-0.15, -0.1) is 0 Å². The molecule has 25 heavy (non-hydrogen) atoms. The van der Waals surface area contributed by atoms with E-state index in [1.807, 2.05) is 0 Å². The molecule has 0 amide bonds. The van der Waals surface area contributed by atoms with Crippen LogP contribution < -0.4 is 9.47 Å². The third-order valence-electron chi connectivity index (χ3n) is 3.56. The monoisotopic (exact) mass is 391 g/mol. The molecule has 136 valence electrons. The lowest BCUT2D eigenvalue weighted by Crippen LogP contribution is -2.28. The van der Waals surface area contributed by atoms with Crippen molar-refractivity contribution in [3.8, 4) is 11.5 Å². The van der Waals surface area contributed by atoms with Crippen LogP contribution in [0, 0.1) is 11.6 Å². The molecule has 5 nitrogen and oxygen atoms in total. The van der Waals surface area contributed by atoms with Crippen LogP contribution in [0.3, 0.4) is 0 Å². The zero-order chi connectivity index (χ0) is 18.8. The number of rotatable bonds is 6. The number of sulfonamides is 1. The number of methoxy groups -OCH3 is 2. The van der Waals surface area contributed by atoms with E-state index in [1.165, 1.54) is 21.3 Å². The number of hydrogen-bond donors (Lipinski definition) is 0. The molecule has 2 rings (SSSR count). The molecule has 0 aliphatic heterocycles. The van der Waals surface area contributed by atoms with Crippen molar-refractivity contribution in [2.24, 2.45) is 0 Å². The molecule has 0 bridgehead atoms. The van der Waals surface area contributed by atoms with Crippen LogP contribution >= 0.6 is 11.6 Å². The maximum atomic E-state index is 14.0. The lowest BCUT2D eigenvalue weighted by atomic mass is 10.2. The highest BCUT2D eigenvalue weighted by atomic mass is 35.5. The van der Waals surface area contributed by atoms with Gasteiger partial charge in [0, 0.05) is 25.2 Å². The molecule has 0 N–H and O–H groups in total. The van der Waals surface area contributed by atoms with E-state index in [0.29, 0.717) is 17.1 Å². The minimum Gasteiger partial charge on any atom is -0.497 e. The molecule has 0 aliphatic carbocycles. The molecular formula is C16H16ClF2NO4S. The van der Waals surface area contributed by atoms with E-state index in [9.17, 15) is 17.2 Å². The van der Waals surface area contributed by atoms with Crippen molar-refractivity contribution < 1.29 is 26.7 Å². The Morgan fingerprint density at radius 2 is 1.80 bits per heavy atom. The Balaban J connectivity index is 2.41. The summed E-state index contributed by atoms with van der Waals surface area (Å²) in [5, 5.41) is -0.396. The van der Waals surface area contributed by atoms with E-state index in [1.54, 1.807) is 18.2 Å². The first-order valence-corrected chi connectivity index (χ1v) is 8.85. The van der Waals surface area contributed by atoms with Gasteiger partial charge in [0.1, 0.15) is 16.4 Å². The van der Waals surface area contributed by atoms with E-state index in [-0.39, 0.29) is 6.54 Å². The third kappa shape index (κ3) is 3.86. The molecule has 0 heterocycles. The van der Waals surface area contributed by atoms with Crippen LogP contribution in [0.5, 0.6) is 11.5 Å². The van der Waals surface area contributed by atoms with Gasteiger partial charge in [-0.3, -0.25) is 0 Å². The van der Waals surface area contributed by atoms with Crippen LogP contribution in [0.1, 0.15) is 5.56 Å². The fraction of sp³-hybridized carbons (Fsp3) is 0.250. The van der Waals surface area contributed by atoms with Crippen LogP contribution in [0.15, 0.2) is 35.2 Å². The van der Waals surface area contributed by atoms with Gasteiger partial charge in [-0.2, -0.15) is 4.31 Å². The molecule has 0 aromatic heterocycles. The van der Waals surface area contributed by atoms with Crippen LogP contribution in [0.4, 0.5) is 8.78 Å². The zero-order valence-electron chi connectivity index (χ0n) is 13.7. The van der Waals surface area contributed by atoms with Gasteiger partial charge >= 0.3 is 0 Å². The Labute approximate surface area is 149 Å². The summed E-state index contributed by atoms with van der Waals surface area (Å²) >= 11 is 5.78. The van der Waals surface area contributed by atoms with Gasteiger partial charge in [0.25, 0.3) is 0 Å². The lowest BCUT2D eigenvalue weighted by molar-refractivity contribution is 0.383. The number of hydrogen-bond acceptors (Lipinski definition) is 4. The number of benzene rings is 2. The van der Waals surface area contributed by atoms with Crippen molar-refractivity contribution in [3.05, 3.63) is 52.6 Å². The largest absolute Gasteiger partial charge is 0.497 e. The average molecular weight is 392 g/mol. The summed E-state index contributed by atoms with van der Waals surface area (Å²) in [4.78, 5) is -0.899. The minimum absolute atomic E-state index is 0.137. The van der Waals surface area contributed by atoms with Crippen molar-refractivity contribution >= 4 is 21.6 Å². The van der Waals surface area contributed by atoms with Gasteiger partial charge in [-0.05, 0) is 18.2 Å². The standard InChI is InChI=1S/C16H16ClF2NO4S/c1-20(9-10-4-5-11(23-2)8-14(10)24-3)25(21,22)16-12(17)6-7-13(18)15(16)19/h4-8H,9H2,1-3H3. The molecular weight excluding hydrogens is 376 g/mol. The Bertz CT molecular complexity index is 890. The van der Waals surface area contributed by atoms with Gasteiger partial charge in [-0.25, -0.2) is 17.2 Å². The van der Waals surface area contributed by atoms with Crippen molar-refractivity contribution in [1.82, 2.24) is 4.31 Å². The maximum absolute atomic E-state index is 14.0. The summed E-state index contributed by atoms with van der Waals surface area (Å²) in [6.07, 6.45) is 0. The average Bonchev–Trinajstić information content (AvgIpc) is 2.58. The van der Waals surface area contributed by atoms with Crippen molar-refractivity contribution in [3.63, 3.8) is 0 Å². The predicted molar refractivity (Wildman–Crippen MR) is 89.6 cm³/mol. The van der Waals surface area contributed by atoms with E-state index < -0.39 is 31.6 Å². The summed E-state index contributed by atoms with van der Waals surface area (Å²) in [7, 11) is -0.214. The molecule has 0 unspecified atom stereocenters. The van der Waals surface area contributed by atoms with Crippen LogP contribution in [0.2, 0.25) is 5.02 Å². The fourth-order valence-electron chi connectivity index (χ4n) is 2.21. The molecule has 9 heteroatoms. The topological polar surface area (TPSA) is 55.8 Å². The molecule has 0 aliphatic rings. The van der Waals surface area contributed by atoms with Crippen molar-refractivity contribution in [1.29, 1.82) is 0 Å².